The van der Waals surface area contributed by atoms with Gasteiger partial charge in [-0.1, -0.05) is 30.3 Å². The lowest BCUT2D eigenvalue weighted by Crippen LogP contribution is -2.31. The first-order chi connectivity index (χ1) is 14.9. The molecule has 0 aliphatic carbocycles. The van der Waals surface area contributed by atoms with Crippen LogP contribution in [0.1, 0.15) is 23.8 Å². The van der Waals surface area contributed by atoms with Crippen molar-refractivity contribution < 1.29 is 12.9 Å². The zero-order chi connectivity index (χ0) is 21.8. The van der Waals surface area contributed by atoms with E-state index in [1.165, 1.54) is 0 Å². The molecule has 3 N–H and O–H groups in total. The molecule has 0 radical (unpaired) electrons. The third-order valence-corrected chi connectivity index (χ3v) is 6.76. The summed E-state index contributed by atoms with van der Waals surface area (Å²) in [5.74, 6) is 0.681. The van der Waals surface area contributed by atoms with E-state index in [0.29, 0.717) is 29.3 Å². The number of nitrogens with one attached hydrogen (secondary N) is 3. The highest BCUT2D eigenvalue weighted by atomic mass is 32.2. The summed E-state index contributed by atoms with van der Waals surface area (Å²) in [4.78, 5) is 1.02. The number of thiophene rings is 1. The highest BCUT2D eigenvalue weighted by molar-refractivity contribution is 7.90. The Labute approximate surface area is 184 Å². The maximum atomic E-state index is 12.5. The molecule has 4 rings (SSSR count). The molecular formula is C21H23N5O3S2. The second-order valence-electron chi connectivity index (χ2n) is 7.03. The first-order valence-electron chi connectivity index (χ1n) is 9.86. The topological polar surface area (TPSA) is 113 Å². The normalized spacial score (nSPS) is 11.7. The molecule has 3 aromatic heterocycles. The van der Waals surface area contributed by atoms with Crippen molar-refractivity contribution in [1.82, 2.24) is 20.1 Å². The Morgan fingerprint density at radius 3 is 2.65 bits per heavy atom. The molecule has 0 spiro atoms. The van der Waals surface area contributed by atoms with Gasteiger partial charge in [0.2, 0.25) is 0 Å². The van der Waals surface area contributed by atoms with E-state index >= 15 is 0 Å². The molecular weight excluding hydrogens is 434 g/mol. The van der Waals surface area contributed by atoms with Crippen molar-refractivity contribution >= 4 is 27.2 Å². The van der Waals surface area contributed by atoms with Crippen molar-refractivity contribution in [2.45, 2.75) is 26.7 Å². The highest BCUT2D eigenvalue weighted by Crippen LogP contribution is 2.32. The van der Waals surface area contributed by atoms with Gasteiger partial charge < -0.3 is 4.52 Å². The minimum absolute atomic E-state index is 0.199. The van der Waals surface area contributed by atoms with E-state index in [9.17, 15) is 8.42 Å². The number of hydrogen-bond acceptors (Lipinski definition) is 6. The van der Waals surface area contributed by atoms with E-state index in [-0.39, 0.29) is 6.54 Å². The van der Waals surface area contributed by atoms with Gasteiger partial charge in [0.15, 0.2) is 0 Å². The monoisotopic (exact) mass is 457 g/mol. The van der Waals surface area contributed by atoms with Crippen LogP contribution in [0.3, 0.4) is 0 Å². The third kappa shape index (κ3) is 5.04. The van der Waals surface area contributed by atoms with Crippen molar-refractivity contribution in [3.63, 3.8) is 0 Å². The van der Waals surface area contributed by atoms with E-state index in [2.05, 4.69) is 31.7 Å². The number of H-pyrrole nitrogens is 1. The molecule has 0 saturated heterocycles. The minimum Gasteiger partial charge on any atom is -0.361 e. The number of anilines is 1. The van der Waals surface area contributed by atoms with Gasteiger partial charge in [0.05, 0.1) is 10.6 Å². The van der Waals surface area contributed by atoms with Gasteiger partial charge in [0, 0.05) is 23.9 Å². The van der Waals surface area contributed by atoms with Crippen LogP contribution in [0.4, 0.5) is 5.69 Å². The van der Waals surface area contributed by atoms with Crippen molar-refractivity contribution in [3.8, 4) is 22.0 Å². The molecule has 4 aromatic rings. The summed E-state index contributed by atoms with van der Waals surface area (Å²) in [7, 11) is -3.71. The van der Waals surface area contributed by atoms with Crippen LogP contribution >= 0.6 is 11.3 Å². The van der Waals surface area contributed by atoms with Crippen molar-refractivity contribution in [1.29, 1.82) is 0 Å². The average molecular weight is 458 g/mol. The predicted octanol–water partition coefficient (Wildman–Crippen LogP) is 4.15. The maximum Gasteiger partial charge on any atom is 0.299 e. The minimum atomic E-state index is -3.71. The fourth-order valence-corrected chi connectivity index (χ4v) is 4.87. The third-order valence-electron chi connectivity index (χ3n) is 4.79. The number of hydrogen-bond donors (Lipinski definition) is 3. The lowest BCUT2D eigenvalue weighted by Gasteiger charge is -2.10. The molecule has 0 fully saturated rings. The van der Waals surface area contributed by atoms with Crippen LogP contribution in [0, 0.1) is 6.92 Å². The van der Waals surface area contributed by atoms with E-state index in [1.54, 1.807) is 23.5 Å². The molecule has 0 atom stereocenters. The molecule has 10 heteroatoms. The lowest BCUT2D eigenvalue weighted by atomic mass is 10.1. The maximum absolute atomic E-state index is 12.5. The van der Waals surface area contributed by atoms with Crippen LogP contribution in [-0.2, 0) is 23.1 Å². The Hall–Kier alpha value is -2.95. The molecule has 31 heavy (non-hydrogen) atoms. The molecule has 1 aromatic carbocycles. The van der Waals surface area contributed by atoms with E-state index in [1.807, 2.05) is 42.6 Å². The molecule has 0 aliphatic heterocycles. The Morgan fingerprint density at radius 1 is 1.19 bits per heavy atom. The van der Waals surface area contributed by atoms with Crippen molar-refractivity contribution in [2.75, 3.05) is 11.3 Å². The number of aryl methyl sites for hydroxylation is 2. The Balaban J connectivity index is 1.50. The van der Waals surface area contributed by atoms with Gasteiger partial charge >= 0.3 is 0 Å². The summed E-state index contributed by atoms with van der Waals surface area (Å²) in [6, 6.07) is 13.1. The molecule has 0 unspecified atom stereocenters. The Bertz CT molecular complexity index is 1240. The summed E-state index contributed by atoms with van der Waals surface area (Å²) < 4.78 is 35.3. The van der Waals surface area contributed by atoms with E-state index < -0.39 is 10.2 Å². The van der Waals surface area contributed by atoms with Crippen molar-refractivity contribution in [3.05, 3.63) is 64.7 Å². The molecule has 0 aliphatic rings. The second-order valence-corrected chi connectivity index (χ2v) is 9.47. The fraction of sp³-hybridized carbons (Fsp3) is 0.238. The summed E-state index contributed by atoms with van der Waals surface area (Å²) >= 11 is 1.58. The molecule has 0 bridgehead atoms. The number of aromatic amines is 1. The van der Waals surface area contributed by atoms with Gasteiger partial charge in [-0.25, -0.2) is 0 Å². The first-order valence-corrected chi connectivity index (χ1v) is 12.2. The van der Waals surface area contributed by atoms with Crippen LogP contribution in [0.2, 0.25) is 0 Å². The molecule has 0 amide bonds. The number of nitrogens with zero attached hydrogens (tertiary/aromatic N) is 2. The van der Waals surface area contributed by atoms with Crippen LogP contribution in [-0.4, -0.2) is 30.3 Å². The average Bonchev–Trinajstić information content (AvgIpc) is 3.49. The summed E-state index contributed by atoms with van der Waals surface area (Å²) in [6.07, 6.45) is 1.33. The van der Waals surface area contributed by atoms with Gasteiger partial charge in [-0.05, 0) is 48.9 Å². The van der Waals surface area contributed by atoms with Gasteiger partial charge in [-0.3, -0.25) is 9.82 Å². The number of benzene rings is 1. The molecule has 8 nitrogen and oxygen atoms in total. The quantitative estimate of drug-likeness (QED) is 0.349. The van der Waals surface area contributed by atoms with Crippen LogP contribution < -0.4 is 9.44 Å². The SMILES string of the molecule is CCc1ccc(NS(=O)(=O)NCCc2c(-c3cc(C)on3)n[nH]c2-c2cccs2)cc1. The van der Waals surface area contributed by atoms with E-state index in [0.717, 1.165) is 28.1 Å². The summed E-state index contributed by atoms with van der Waals surface area (Å²) in [5.41, 5.74) is 4.67. The number of aromatic nitrogens is 3. The van der Waals surface area contributed by atoms with Gasteiger partial charge in [-0.15, -0.1) is 11.3 Å². The Kier molecular flexibility index (Phi) is 6.21. The van der Waals surface area contributed by atoms with Crippen molar-refractivity contribution in [2.24, 2.45) is 0 Å². The van der Waals surface area contributed by atoms with E-state index in [4.69, 9.17) is 4.52 Å². The van der Waals surface area contributed by atoms with Crippen LogP contribution in [0.5, 0.6) is 0 Å². The van der Waals surface area contributed by atoms with Crippen LogP contribution in [0.15, 0.2) is 52.4 Å². The summed E-state index contributed by atoms with van der Waals surface area (Å²) in [5, 5.41) is 13.5. The fourth-order valence-electron chi connectivity index (χ4n) is 3.23. The first kappa shape index (κ1) is 21.3. The van der Waals surface area contributed by atoms with Gasteiger partial charge in [0.25, 0.3) is 10.2 Å². The molecule has 162 valence electrons. The second kappa shape index (κ2) is 9.04. The molecule has 3 heterocycles. The highest BCUT2D eigenvalue weighted by Gasteiger charge is 2.20. The largest absolute Gasteiger partial charge is 0.361 e. The van der Waals surface area contributed by atoms with Gasteiger partial charge in [-0.2, -0.15) is 18.2 Å². The summed E-state index contributed by atoms with van der Waals surface area (Å²) in [6.45, 7) is 4.07. The zero-order valence-corrected chi connectivity index (χ0v) is 18.8. The Morgan fingerprint density at radius 2 is 2.00 bits per heavy atom. The zero-order valence-electron chi connectivity index (χ0n) is 17.2. The smallest absolute Gasteiger partial charge is 0.299 e. The van der Waals surface area contributed by atoms with Gasteiger partial charge in [0.1, 0.15) is 17.1 Å². The standard InChI is InChI=1S/C21H23N5O3S2/c1-3-15-6-8-16(9-7-15)26-31(27,28)22-11-10-17-20(18-13-14(2)29-25-18)23-24-21(17)19-5-4-12-30-19/h4-9,12-13,22,26H,3,10-11H2,1-2H3,(H,23,24). The molecule has 0 saturated carbocycles. The lowest BCUT2D eigenvalue weighted by molar-refractivity contribution is 0.399. The predicted molar refractivity (Wildman–Crippen MR) is 122 cm³/mol. The van der Waals surface area contributed by atoms with Crippen LogP contribution in [0.25, 0.3) is 22.0 Å². The number of rotatable bonds is 9.